The maximum atomic E-state index is 13.4. The Hall–Kier alpha value is -2.80. The molecule has 1 fully saturated rings. The van der Waals surface area contributed by atoms with Crippen molar-refractivity contribution in [2.24, 2.45) is 0 Å². The molecule has 2 aromatic heterocycles. The summed E-state index contributed by atoms with van der Waals surface area (Å²) in [6.07, 6.45) is 5.65. The van der Waals surface area contributed by atoms with Crippen LogP contribution in [0.4, 0.5) is 10.2 Å². The highest BCUT2D eigenvalue weighted by atomic mass is 19.1. The Kier molecular flexibility index (Phi) is 4.62. The van der Waals surface area contributed by atoms with Crippen LogP contribution in [0.3, 0.4) is 0 Å². The van der Waals surface area contributed by atoms with Crippen LogP contribution in [-0.4, -0.2) is 39.7 Å². The van der Waals surface area contributed by atoms with Crippen molar-refractivity contribution in [1.29, 1.82) is 0 Å². The number of hydrogen-bond donors (Lipinski definition) is 2. The third kappa shape index (κ3) is 3.17. The van der Waals surface area contributed by atoms with Gasteiger partial charge in [0.05, 0.1) is 12.0 Å². The number of aromatic nitrogens is 4. The molecule has 4 rings (SSSR count). The summed E-state index contributed by atoms with van der Waals surface area (Å²) in [5.74, 6) is 1.10. The summed E-state index contributed by atoms with van der Waals surface area (Å²) < 4.78 is 15.5. The van der Waals surface area contributed by atoms with Gasteiger partial charge in [0.25, 0.3) is 0 Å². The van der Waals surface area contributed by atoms with Gasteiger partial charge in [-0.25, -0.2) is 19.3 Å². The largest absolute Gasteiger partial charge is 0.373 e. The van der Waals surface area contributed by atoms with Crippen LogP contribution in [0.25, 0.3) is 22.8 Å². The fourth-order valence-corrected chi connectivity index (χ4v) is 3.38. The topological polar surface area (TPSA) is 67.7 Å². The quantitative estimate of drug-likeness (QED) is 0.755. The molecule has 0 unspecified atom stereocenters. The summed E-state index contributed by atoms with van der Waals surface area (Å²) in [6.45, 7) is 1.96. The van der Waals surface area contributed by atoms with Gasteiger partial charge >= 0.3 is 0 Å². The molecule has 26 heavy (non-hydrogen) atoms. The SMILES string of the molecule is CNc1ccnc(-c2c(-c3ccc(F)cc3)ncn2C2CCNCC2)n1. The molecule has 1 aliphatic rings. The number of halogens is 1. The first kappa shape index (κ1) is 16.7. The second-order valence-corrected chi connectivity index (χ2v) is 6.35. The first-order chi connectivity index (χ1) is 12.8. The average molecular weight is 352 g/mol. The molecule has 3 heterocycles. The summed E-state index contributed by atoms with van der Waals surface area (Å²) in [4.78, 5) is 13.8. The van der Waals surface area contributed by atoms with Gasteiger partial charge in [-0.15, -0.1) is 0 Å². The highest BCUT2D eigenvalue weighted by molar-refractivity contribution is 5.75. The summed E-state index contributed by atoms with van der Waals surface area (Å²) >= 11 is 0. The number of rotatable bonds is 4. The molecule has 2 N–H and O–H groups in total. The van der Waals surface area contributed by atoms with Crippen molar-refractivity contribution in [3.63, 3.8) is 0 Å². The Morgan fingerprint density at radius 3 is 2.62 bits per heavy atom. The predicted molar refractivity (Wildman–Crippen MR) is 99.3 cm³/mol. The first-order valence-corrected chi connectivity index (χ1v) is 8.81. The van der Waals surface area contributed by atoms with Gasteiger partial charge in [0.2, 0.25) is 0 Å². The molecule has 0 spiro atoms. The third-order valence-corrected chi connectivity index (χ3v) is 4.74. The Labute approximate surface area is 151 Å². The van der Waals surface area contributed by atoms with Crippen LogP contribution in [0.2, 0.25) is 0 Å². The molecular formula is C19H21FN6. The number of anilines is 1. The minimum absolute atomic E-state index is 0.262. The van der Waals surface area contributed by atoms with Crippen molar-refractivity contribution in [3.8, 4) is 22.8 Å². The number of nitrogens with zero attached hydrogens (tertiary/aromatic N) is 4. The zero-order chi connectivity index (χ0) is 17.9. The van der Waals surface area contributed by atoms with E-state index in [-0.39, 0.29) is 5.82 Å². The van der Waals surface area contributed by atoms with Crippen molar-refractivity contribution in [2.45, 2.75) is 18.9 Å². The minimum atomic E-state index is -0.262. The Balaban J connectivity index is 1.86. The molecule has 0 atom stereocenters. The molecular weight excluding hydrogens is 331 g/mol. The van der Waals surface area contributed by atoms with Crippen molar-refractivity contribution in [3.05, 3.63) is 48.7 Å². The van der Waals surface area contributed by atoms with E-state index in [1.165, 1.54) is 12.1 Å². The molecule has 0 bridgehead atoms. The summed E-state index contributed by atoms with van der Waals surface area (Å²) in [5.41, 5.74) is 2.50. The number of hydrogen-bond acceptors (Lipinski definition) is 5. The lowest BCUT2D eigenvalue weighted by molar-refractivity contribution is 0.370. The van der Waals surface area contributed by atoms with E-state index in [9.17, 15) is 4.39 Å². The number of benzene rings is 1. The highest BCUT2D eigenvalue weighted by Gasteiger charge is 2.24. The van der Waals surface area contributed by atoms with Crippen molar-refractivity contribution in [1.82, 2.24) is 24.8 Å². The van der Waals surface area contributed by atoms with Gasteiger partial charge in [0, 0.05) is 24.8 Å². The first-order valence-electron chi connectivity index (χ1n) is 8.81. The zero-order valence-electron chi connectivity index (χ0n) is 14.6. The van der Waals surface area contributed by atoms with E-state index in [4.69, 9.17) is 0 Å². The molecule has 134 valence electrons. The van der Waals surface area contributed by atoms with Gasteiger partial charge < -0.3 is 15.2 Å². The summed E-state index contributed by atoms with van der Waals surface area (Å²) in [6, 6.07) is 8.56. The van der Waals surface area contributed by atoms with Gasteiger partial charge in [-0.2, -0.15) is 0 Å². The smallest absolute Gasteiger partial charge is 0.180 e. The van der Waals surface area contributed by atoms with E-state index in [2.05, 4.69) is 30.2 Å². The highest BCUT2D eigenvalue weighted by Crippen LogP contribution is 2.34. The molecule has 0 saturated carbocycles. The maximum Gasteiger partial charge on any atom is 0.180 e. The van der Waals surface area contributed by atoms with Gasteiger partial charge in [0.15, 0.2) is 5.82 Å². The van der Waals surface area contributed by atoms with Gasteiger partial charge in [-0.3, -0.25) is 0 Å². The van der Waals surface area contributed by atoms with E-state index < -0.39 is 0 Å². The molecule has 1 saturated heterocycles. The molecule has 0 aliphatic carbocycles. The minimum Gasteiger partial charge on any atom is -0.373 e. The number of piperidine rings is 1. The standard InChI is InChI=1S/C19H21FN6/c1-21-16-8-11-23-19(25-16)18-17(13-2-4-14(20)5-3-13)24-12-26(18)15-6-9-22-10-7-15/h2-5,8,11-12,15,22H,6-7,9-10H2,1H3,(H,21,23,25). The van der Waals surface area contributed by atoms with Gasteiger partial charge in [0.1, 0.15) is 17.3 Å². The van der Waals surface area contributed by atoms with Crippen molar-refractivity contribution in [2.75, 3.05) is 25.5 Å². The molecule has 1 aliphatic heterocycles. The maximum absolute atomic E-state index is 13.4. The molecule has 6 nitrogen and oxygen atoms in total. The van der Waals surface area contributed by atoms with Crippen LogP contribution in [-0.2, 0) is 0 Å². The van der Waals surface area contributed by atoms with E-state index in [0.717, 1.165) is 48.7 Å². The lowest BCUT2D eigenvalue weighted by Gasteiger charge is -2.25. The third-order valence-electron chi connectivity index (χ3n) is 4.74. The van der Waals surface area contributed by atoms with Crippen molar-refractivity contribution < 1.29 is 4.39 Å². The van der Waals surface area contributed by atoms with E-state index in [1.54, 1.807) is 18.3 Å². The fourth-order valence-electron chi connectivity index (χ4n) is 3.38. The monoisotopic (exact) mass is 352 g/mol. The van der Waals surface area contributed by atoms with Crippen LogP contribution < -0.4 is 10.6 Å². The van der Waals surface area contributed by atoms with Gasteiger partial charge in [-0.1, -0.05) is 0 Å². The lowest BCUT2D eigenvalue weighted by atomic mass is 10.0. The van der Waals surface area contributed by atoms with Crippen LogP contribution >= 0.6 is 0 Å². The van der Waals surface area contributed by atoms with Crippen LogP contribution in [0.1, 0.15) is 18.9 Å². The predicted octanol–water partition coefficient (Wildman–Crippen LogP) is 3.11. The summed E-state index contributed by atoms with van der Waals surface area (Å²) in [5, 5.41) is 6.44. The Bertz CT molecular complexity index is 883. The summed E-state index contributed by atoms with van der Waals surface area (Å²) in [7, 11) is 1.83. The van der Waals surface area contributed by atoms with E-state index in [1.807, 2.05) is 19.4 Å². The molecule has 3 aromatic rings. The Morgan fingerprint density at radius 1 is 1.12 bits per heavy atom. The molecule has 1 aromatic carbocycles. The van der Waals surface area contributed by atoms with Crippen LogP contribution in [0.15, 0.2) is 42.9 Å². The molecule has 0 radical (unpaired) electrons. The fraction of sp³-hybridized carbons (Fsp3) is 0.316. The Morgan fingerprint density at radius 2 is 1.88 bits per heavy atom. The van der Waals surface area contributed by atoms with Crippen LogP contribution in [0.5, 0.6) is 0 Å². The molecule has 0 amide bonds. The lowest BCUT2D eigenvalue weighted by Crippen LogP contribution is -2.29. The second kappa shape index (κ2) is 7.21. The van der Waals surface area contributed by atoms with Crippen molar-refractivity contribution >= 4 is 5.82 Å². The van der Waals surface area contributed by atoms with E-state index >= 15 is 0 Å². The normalized spacial score (nSPS) is 15.2. The average Bonchev–Trinajstić information content (AvgIpc) is 3.14. The van der Waals surface area contributed by atoms with Crippen LogP contribution in [0, 0.1) is 5.82 Å². The number of nitrogens with one attached hydrogen (secondary N) is 2. The zero-order valence-corrected chi connectivity index (χ0v) is 14.6. The molecule has 7 heteroatoms. The second-order valence-electron chi connectivity index (χ2n) is 6.35. The number of imidazole rings is 1. The van der Waals surface area contributed by atoms with Gasteiger partial charge in [-0.05, 0) is 56.3 Å². The van der Waals surface area contributed by atoms with E-state index in [0.29, 0.717) is 11.9 Å².